The van der Waals surface area contributed by atoms with Crippen molar-refractivity contribution >= 4 is 23.4 Å². The summed E-state index contributed by atoms with van der Waals surface area (Å²) in [5.41, 5.74) is 1.68. The Balaban J connectivity index is 1.98. The quantitative estimate of drug-likeness (QED) is 0.836. The molecule has 84 valence electrons. The number of carbonyl (C=O) groups is 1. The summed E-state index contributed by atoms with van der Waals surface area (Å²) in [6, 6.07) is 13.4. The largest absolute Gasteiger partial charge is 0.324 e. The molecule has 2 heterocycles. The smallest absolute Gasteiger partial charge is 0.244 e. The Kier molecular flexibility index (Phi) is 2.57. The molecule has 0 aliphatic carbocycles. The van der Waals surface area contributed by atoms with Crippen LogP contribution in [0, 0.1) is 0 Å². The monoisotopic (exact) mass is 242 g/mol. The Bertz CT molecular complexity index is 556. The third-order valence-electron chi connectivity index (χ3n) is 2.58. The van der Waals surface area contributed by atoms with Crippen molar-refractivity contribution in [3.8, 4) is 0 Å². The van der Waals surface area contributed by atoms with Crippen molar-refractivity contribution in [3.05, 3.63) is 54.4 Å². The summed E-state index contributed by atoms with van der Waals surface area (Å²) in [6.45, 7) is 0. The SMILES string of the molecule is O=C1Nc2ccccc2SC1c1ccccn1. The predicted octanol–water partition coefficient (Wildman–Crippen LogP) is 2.87. The molecule has 1 N–H and O–H groups in total. The summed E-state index contributed by atoms with van der Waals surface area (Å²) in [4.78, 5) is 17.3. The Morgan fingerprint density at radius 1 is 1.12 bits per heavy atom. The molecule has 1 amide bonds. The third kappa shape index (κ3) is 1.91. The highest BCUT2D eigenvalue weighted by atomic mass is 32.2. The lowest BCUT2D eigenvalue weighted by Gasteiger charge is -2.23. The summed E-state index contributed by atoms with van der Waals surface area (Å²) >= 11 is 1.54. The van der Waals surface area contributed by atoms with Gasteiger partial charge in [-0.3, -0.25) is 9.78 Å². The minimum Gasteiger partial charge on any atom is -0.324 e. The number of rotatable bonds is 1. The van der Waals surface area contributed by atoms with Crippen molar-refractivity contribution in [1.82, 2.24) is 4.98 Å². The number of para-hydroxylation sites is 1. The summed E-state index contributed by atoms with van der Waals surface area (Å²) in [5.74, 6) is -0.00704. The number of fused-ring (bicyclic) bond motifs is 1. The molecule has 0 radical (unpaired) electrons. The molecule has 3 nitrogen and oxygen atoms in total. The molecule has 0 saturated heterocycles. The number of anilines is 1. The highest BCUT2D eigenvalue weighted by Gasteiger charge is 2.28. The highest BCUT2D eigenvalue weighted by Crippen LogP contribution is 2.42. The van der Waals surface area contributed by atoms with Gasteiger partial charge >= 0.3 is 0 Å². The number of amides is 1. The van der Waals surface area contributed by atoms with Gasteiger partial charge in [-0.15, -0.1) is 11.8 Å². The van der Waals surface area contributed by atoms with E-state index >= 15 is 0 Å². The van der Waals surface area contributed by atoms with E-state index in [-0.39, 0.29) is 11.2 Å². The fraction of sp³-hybridized carbons (Fsp3) is 0.0769. The van der Waals surface area contributed by atoms with Crippen LogP contribution in [0.5, 0.6) is 0 Å². The van der Waals surface area contributed by atoms with Crippen LogP contribution < -0.4 is 5.32 Å². The number of carbonyl (C=O) groups excluding carboxylic acids is 1. The molecule has 3 rings (SSSR count). The number of hydrogen-bond acceptors (Lipinski definition) is 3. The van der Waals surface area contributed by atoms with E-state index in [1.54, 1.807) is 18.0 Å². The van der Waals surface area contributed by atoms with Gasteiger partial charge in [-0.1, -0.05) is 18.2 Å². The lowest BCUT2D eigenvalue weighted by Crippen LogP contribution is -2.23. The number of pyridine rings is 1. The summed E-state index contributed by atoms with van der Waals surface area (Å²) in [5, 5.41) is 2.65. The van der Waals surface area contributed by atoms with Gasteiger partial charge in [0.1, 0.15) is 5.25 Å². The Morgan fingerprint density at radius 2 is 1.94 bits per heavy atom. The molecule has 17 heavy (non-hydrogen) atoms. The van der Waals surface area contributed by atoms with Crippen LogP contribution in [0.2, 0.25) is 0 Å². The van der Waals surface area contributed by atoms with Crippen LogP contribution in [-0.2, 0) is 4.79 Å². The minimum atomic E-state index is -0.258. The van der Waals surface area contributed by atoms with Crippen LogP contribution in [0.4, 0.5) is 5.69 Å². The van der Waals surface area contributed by atoms with E-state index in [4.69, 9.17) is 0 Å². The molecule has 1 unspecified atom stereocenters. The summed E-state index contributed by atoms with van der Waals surface area (Å²) in [7, 11) is 0. The van der Waals surface area contributed by atoms with Gasteiger partial charge in [0.25, 0.3) is 0 Å². The number of thioether (sulfide) groups is 1. The van der Waals surface area contributed by atoms with E-state index in [2.05, 4.69) is 10.3 Å². The second kappa shape index (κ2) is 4.22. The van der Waals surface area contributed by atoms with Crippen LogP contribution in [-0.4, -0.2) is 10.9 Å². The second-order valence-corrected chi connectivity index (χ2v) is 4.88. The average Bonchev–Trinajstić information content (AvgIpc) is 2.39. The van der Waals surface area contributed by atoms with Crippen molar-refractivity contribution in [3.63, 3.8) is 0 Å². The molecule has 4 heteroatoms. The standard InChI is InChI=1S/C13H10N2OS/c16-13-12(10-6-3-4-8-14-10)17-11-7-2-1-5-9(11)15-13/h1-8,12H,(H,15,16). The lowest BCUT2D eigenvalue weighted by molar-refractivity contribution is -0.116. The van der Waals surface area contributed by atoms with Crippen molar-refractivity contribution in [2.24, 2.45) is 0 Å². The number of hydrogen-bond donors (Lipinski definition) is 1. The Labute approximate surface area is 103 Å². The number of nitrogens with zero attached hydrogens (tertiary/aromatic N) is 1. The van der Waals surface area contributed by atoms with Gasteiger partial charge in [-0.05, 0) is 24.3 Å². The van der Waals surface area contributed by atoms with E-state index in [1.165, 1.54) is 0 Å². The molecule has 0 bridgehead atoms. The Morgan fingerprint density at radius 3 is 2.76 bits per heavy atom. The van der Waals surface area contributed by atoms with E-state index < -0.39 is 0 Å². The summed E-state index contributed by atoms with van der Waals surface area (Å²) < 4.78 is 0. The van der Waals surface area contributed by atoms with Crippen LogP contribution in [0.15, 0.2) is 53.6 Å². The first kappa shape index (κ1) is 10.4. The van der Waals surface area contributed by atoms with E-state index in [9.17, 15) is 4.79 Å². The molecule has 1 atom stereocenters. The van der Waals surface area contributed by atoms with E-state index in [1.807, 2.05) is 42.5 Å². The maximum atomic E-state index is 12.0. The first-order valence-electron chi connectivity index (χ1n) is 5.32. The molecule has 2 aromatic rings. The van der Waals surface area contributed by atoms with Crippen LogP contribution in [0.25, 0.3) is 0 Å². The zero-order valence-electron chi connectivity index (χ0n) is 8.96. The zero-order valence-corrected chi connectivity index (χ0v) is 9.78. The van der Waals surface area contributed by atoms with Gasteiger partial charge in [0.15, 0.2) is 0 Å². The van der Waals surface area contributed by atoms with Gasteiger partial charge in [0.05, 0.1) is 11.4 Å². The van der Waals surface area contributed by atoms with Gasteiger partial charge in [0.2, 0.25) is 5.91 Å². The van der Waals surface area contributed by atoms with Crippen LogP contribution >= 0.6 is 11.8 Å². The molecule has 0 saturated carbocycles. The number of nitrogens with one attached hydrogen (secondary N) is 1. The Hall–Kier alpha value is -1.81. The van der Waals surface area contributed by atoms with E-state index in [0.717, 1.165) is 16.3 Å². The molecular weight excluding hydrogens is 232 g/mol. The maximum absolute atomic E-state index is 12.0. The van der Waals surface area contributed by atoms with Crippen molar-refractivity contribution < 1.29 is 4.79 Å². The zero-order chi connectivity index (χ0) is 11.7. The normalized spacial score (nSPS) is 18.4. The summed E-state index contributed by atoms with van der Waals surface area (Å²) in [6.07, 6.45) is 1.71. The minimum absolute atomic E-state index is 0.00704. The number of benzene rings is 1. The predicted molar refractivity (Wildman–Crippen MR) is 67.9 cm³/mol. The van der Waals surface area contributed by atoms with Crippen LogP contribution in [0.3, 0.4) is 0 Å². The van der Waals surface area contributed by atoms with Crippen molar-refractivity contribution in [2.75, 3.05) is 5.32 Å². The molecule has 0 fully saturated rings. The topological polar surface area (TPSA) is 42.0 Å². The van der Waals surface area contributed by atoms with E-state index in [0.29, 0.717) is 0 Å². The van der Waals surface area contributed by atoms with Crippen molar-refractivity contribution in [2.45, 2.75) is 10.1 Å². The molecule has 0 spiro atoms. The molecular formula is C13H10N2OS. The first-order valence-corrected chi connectivity index (χ1v) is 6.20. The molecule has 1 aromatic carbocycles. The van der Waals surface area contributed by atoms with Gasteiger partial charge in [0, 0.05) is 11.1 Å². The second-order valence-electron chi connectivity index (χ2n) is 3.74. The number of aromatic nitrogens is 1. The fourth-order valence-electron chi connectivity index (χ4n) is 1.78. The molecule has 1 aliphatic rings. The lowest BCUT2D eigenvalue weighted by atomic mass is 10.2. The van der Waals surface area contributed by atoms with Gasteiger partial charge < -0.3 is 5.32 Å². The molecule has 1 aliphatic heterocycles. The highest BCUT2D eigenvalue weighted by molar-refractivity contribution is 8.00. The van der Waals surface area contributed by atoms with Crippen LogP contribution in [0.1, 0.15) is 10.9 Å². The maximum Gasteiger partial charge on any atom is 0.244 e. The average molecular weight is 242 g/mol. The van der Waals surface area contributed by atoms with Gasteiger partial charge in [-0.25, -0.2) is 0 Å². The van der Waals surface area contributed by atoms with Gasteiger partial charge in [-0.2, -0.15) is 0 Å². The first-order chi connectivity index (χ1) is 8.34. The van der Waals surface area contributed by atoms with Crippen molar-refractivity contribution in [1.29, 1.82) is 0 Å². The third-order valence-corrected chi connectivity index (χ3v) is 3.89. The molecule has 1 aromatic heterocycles. The fourth-order valence-corrected chi connectivity index (χ4v) is 2.86.